The molecule has 1 N–H and O–H groups in total. The lowest BCUT2D eigenvalue weighted by Gasteiger charge is -2.28. The molecule has 3 aromatic rings. The van der Waals surface area contributed by atoms with Crippen LogP contribution in [0.25, 0.3) is 0 Å². The number of aromatic nitrogens is 2. The van der Waals surface area contributed by atoms with Crippen LogP contribution in [-0.2, 0) is 19.6 Å². The van der Waals surface area contributed by atoms with Crippen LogP contribution in [0, 0.1) is 5.82 Å². The molecule has 10 heteroatoms. The second kappa shape index (κ2) is 8.73. The van der Waals surface area contributed by atoms with E-state index in [1.54, 1.807) is 53.4 Å². The number of hydrogen-bond acceptors (Lipinski definition) is 6. The first-order valence-corrected chi connectivity index (χ1v) is 10.4. The molecule has 0 bridgehead atoms. The topological polar surface area (TPSA) is 96.9 Å². The lowest BCUT2D eigenvalue weighted by atomic mass is 10.1. The third-order valence-corrected chi connectivity index (χ3v) is 5.45. The van der Waals surface area contributed by atoms with Crippen LogP contribution >= 0.6 is 0 Å². The normalized spacial score (nSPS) is 15.2. The fraction of sp³-hybridized carbons (Fsp3) is 0.217. The average molecular weight is 449 g/mol. The smallest absolute Gasteiger partial charge is 0.415 e. The Labute approximate surface area is 188 Å². The number of hydrogen-bond donors (Lipinski definition) is 1. The van der Waals surface area contributed by atoms with Gasteiger partial charge in [-0.05, 0) is 18.2 Å². The van der Waals surface area contributed by atoms with Gasteiger partial charge < -0.3 is 19.7 Å². The Bertz CT molecular complexity index is 1210. The number of rotatable bonds is 6. The van der Waals surface area contributed by atoms with E-state index < -0.39 is 11.9 Å². The van der Waals surface area contributed by atoms with Crippen LogP contribution in [0.4, 0.5) is 14.0 Å². The van der Waals surface area contributed by atoms with Crippen molar-refractivity contribution < 1.29 is 23.5 Å². The molecule has 2 aromatic carbocycles. The molecule has 2 aliphatic heterocycles. The van der Waals surface area contributed by atoms with Crippen molar-refractivity contribution >= 4 is 12.1 Å². The summed E-state index contributed by atoms with van der Waals surface area (Å²) in [5, 5.41) is 10.3. The standard InChI is InChI=1S/C23H20FN5O4/c24-21-16(13-28-10-9-25-22(28)30)3-1-4-17(21)14-29-12-15-6-7-18(11-19(15)33-23(29)31)32-20-5-2-8-26-27-20/h1-8,11H,9-10,12-14H2,(H,25,30). The molecular weight excluding hydrogens is 429 g/mol. The van der Waals surface area contributed by atoms with Gasteiger partial charge in [-0.25, -0.2) is 14.0 Å². The molecule has 0 unspecified atom stereocenters. The Morgan fingerprint density at radius 2 is 1.88 bits per heavy atom. The van der Waals surface area contributed by atoms with Crippen LogP contribution in [0.1, 0.15) is 16.7 Å². The summed E-state index contributed by atoms with van der Waals surface area (Å²) in [7, 11) is 0. The van der Waals surface area contributed by atoms with E-state index in [1.807, 2.05) is 0 Å². The summed E-state index contributed by atoms with van der Waals surface area (Å²) in [4.78, 5) is 27.4. The summed E-state index contributed by atoms with van der Waals surface area (Å²) in [5.41, 5.74) is 1.53. The first-order valence-electron chi connectivity index (χ1n) is 10.4. The van der Waals surface area contributed by atoms with Gasteiger partial charge in [-0.1, -0.05) is 18.2 Å². The van der Waals surface area contributed by atoms with E-state index in [0.29, 0.717) is 41.6 Å². The monoisotopic (exact) mass is 449 g/mol. The van der Waals surface area contributed by atoms with Gasteiger partial charge in [-0.3, -0.25) is 4.90 Å². The molecule has 0 atom stereocenters. The third-order valence-electron chi connectivity index (χ3n) is 5.45. The first kappa shape index (κ1) is 20.7. The minimum atomic E-state index is -0.581. The van der Waals surface area contributed by atoms with Crippen LogP contribution < -0.4 is 14.8 Å². The Morgan fingerprint density at radius 3 is 2.61 bits per heavy atom. The molecule has 0 saturated carbocycles. The molecule has 1 saturated heterocycles. The summed E-state index contributed by atoms with van der Waals surface area (Å²) in [6.45, 7) is 1.55. The molecule has 3 amide bonds. The highest BCUT2D eigenvalue weighted by Gasteiger charge is 2.27. The zero-order valence-electron chi connectivity index (χ0n) is 17.5. The first-order chi connectivity index (χ1) is 16.1. The number of nitrogens with zero attached hydrogens (tertiary/aromatic N) is 4. The molecule has 9 nitrogen and oxygen atoms in total. The summed E-state index contributed by atoms with van der Waals surface area (Å²) < 4.78 is 26.2. The van der Waals surface area contributed by atoms with Crippen molar-refractivity contribution in [3.8, 4) is 17.4 Å². The molecule has 5 rings (SSSR count). The van der Waals surface area contributed by atoms with Crippen molar-refractivity contribution in [3.63, 3.8) is 0 Å². The highest BCUT2D eigenvalue weighted by Crippen LogP contribution is 2.32. The van der Waals surface area contributed by atoms with Gasteiger partial charge in [0.25, 0.3) is 0 Å². The molecule has 3 heterocycles. The van der Waals surface area contributed by atoms with E-state index in [9.17, 15) is 9.59 Å². The SMILES string of the molecule is O=C1NCCN1Cc1cccc(CN2Cc3ccc(Oc4cccnn4)cc3OC2=O)c1F. The number of nitrogens with one attached hydrogen (secondary N) is 1. The molecule has 0 radical (unpaired) electrons. The van der Waals surface area contributed by atoms with Gasteiger partial charge in [0.2, 0.25) is 5.88 Å². The molecule has 0 aliphatic carbocycles. The van der Waals surface area contributed by atoms with Crippen molar-refractivity contribution in [2.75, 3.05) is 13.1 Å². The Hall–Kier alpha value is -4.21. The fourth-order valence-electron chi connectivity index (χ4n) is 3.79. The lowest BCUT2D eigenvalue weighted by Crippen LogP contribution is -2.36. The molecule has 33 heavy (non-hydrogen) atoms. The molecule has 0 spiro atoms. The van der Waals surface area contributed by atoms with Crippen LogP contribution in [0.15, 0.2) is 54.7 Å². The molecule has 168 valence electrons. The van der Waals surface area contributed by atoms with Crippen molar-refractivity contribution in [3.05, 3.63) is 77.2 Å². The minimum absolute atomic E-state index is 0.0437. The van der Waals surface area contributed by atoms with E-state index in [2.05, 4.69) is 15.5 Å². The van der Waals surface area contributed by atoms with Gasteiger partial charge >= 0.3 is 12.1 Å². The number of benzene rings is 2. The van der Waals surface area contributed by atoms with Gasteiger partial charge in [0, 0.05) is 48.1 Å². The Kier molecular flexibility index (Phi) is 5.47. The number of ether oxygens (including phenoxy) is 2. The largest absolute Gasteiger partial charge is 0.437 e. The van der Waals surface area contributed by atoms with Crippen molar-refractivity contribution in [1.29, 1.82) is 0 Å². The van der Waals surface area contributed by atoms with E-state index in [1.165, 1.54) is 11.1 Å². The van der Waals surface area contributed by atoms with Crippen molar-refractivity contribution in [2.45, 2.75) is 19.6 Å². The minimum Gasteiger partial charge on any atom is -0.437 e. The zero-order valence-corrected chi connectivity index (χ0v) is 17.5. The van der Waals surface area contributed by atoms with Crippen LogP contribution in [0.5, 0.6) is 17.4 Å². The zero-order chi connectivity index (χ0) is 22.8. The van der Waals surface area contributed by atoms with Gasteiger partial charge in [0.05, 0.1) is 19.6 Å². The number of carbonyl (C=O) groups excluding carboxylic acids is 2. The maximum Gasteiger partial charge on any atom is 0.415 e. The highest BCUT2D eigenvalue weighted by molar-refractivity contribution is 5.76. The van der Waals surface area contributed by atoms with Crippen LogP contribution in [-0.4, -0.2) is 45.2 Å². The van der Waals surface area contributed by atoms with E-state index >= 15 is 4.39 Å². The van der Waals surface area contributed by atoms with Gasteiger partial charge in [0.15, 0.2) is 0 Å². The summed E-state index contributed by atoms with van der Waals surface area (Å²) >= 11 is 0. The number of amides is 3. The third kappa shape index (κ3) is 4.40. The quantitative estimate of drug-likeness (QED) is 0.619. The van der Waals surface area contributed by atoms with Gasteiger partial charge in [-0.2, -0.15) is 5.10 Å². The number of urea groups is 1. The van der Waals surface area contributed by atoms with Gasteiger partial charge in [0.1, 0.15) is 17.3 Å². The maximum absolute atomic E-state index is 15.1. The molecular formula is C23H20FN5O4. The number of fused-ring (bicyclic) bond motifs is 1. The highest BCUT2D eigenvalue weighted by atomic mass is 19.1. The van der Waals surface area contributed by atoms with Crippen LogP contribution in [0.2, 0.25) is 0 Å². The molecule has 1 fully saturated rings. The Morgan fingerprint density at radius 1 is 1.06 bits per heavy atom. The summed E-state index contributed by atoms with van der Waals surface area (Å²) in [6.07, 6.45) is 0.959. The molecule has 2 aliphatic rings. The van der Waals surface area contributed by atoms with E-state index in [0.717, 1.165) is 5.56 Å². The second-order valence-electron chi connectivity index (χ2n) is 7.70. The van der Waals surface area contributed by atoms with Crippen LogP contribution in [0.3, 0.4) is 0 Å². The lowest BCUT2D eigenvalue weighted by molar-refractivity contribution is 0.134. The summed E-state index contributed by atoms with van der Waals surface area (Å²) in [6, 6.07) is 13.3. The Balaban J connectivity index is 1.30. The van der Waals surface area contributed by atoms with Crippen molar-refractivity contribution in [1.82, 2.24) is 25.3 Å². The van der Waals surface area contributed by atoms with Gasteiger partial charge in [-0.15, -0.1) is 5.10 Å². The summed E-state index contributed by atoms with van der Waals surface area (Å²) in [5.74, 6) is 0.735. The number of halogens is 1. The van der Waals surface area contributed by atoms with E-state index in [-0.39, 0.29) is 25.7 Å². The predicted octanol–water partition coefficient (Wildman–Crippen LogP) is 3.45. The molecule has 1 aromatic heterocycles. The number of carbonyl (C=O) groups is 2. The van der Waals surface area contributed by atoms with Crippen molar-refractivity contribution in [2.24, 2.45) is 0 Å². The predicted molar refractivity (Wildman–Crippen MR) is 114 cm³/mol. The maximum atomic E-state index is 15.1. The average Bonchev–Trinajstić information content (AvgIpc) is 3.22. The fourth-order valence-corrected chi connectivity index (χ4v) is 3.79. The van der Waals surface area contributed by atoms with E-state index in [4.69, 9.17) is 9.47 Å². The second-order valence-corrected chi connectivity index (χ2v) is 7.70.